The van der Waals surface area contributed by atoms with Crippen LogP contribution >= 0.6 is 11.3 Å². The highest BCUT2D eigenvalue weighted by Gasteiger charge is 2.26. The van der Waals surface area contributed by atoms with E-state index < -0.39 is 0 Å². The van der Waals surface area contributed by atoms with E-state index >= 15 is 0 Å². The van der Waals surface area contributed by atoms with Crippen molar-refractivity contribution in [1.82, 2.24) is 9.47 Å². The Balaban J connectivity index is 1.42. The maximum absolute atomic E-state index is 12.9. The summed E-state index contributed by atoms with van der Waals surface area (Å²) in [5.41, 5.74) is 1.45. The van der Waals surface area contributed by atoms with Crippen LogP contribution in [0.2, 0.25) is 0 Å². The van der Waals surface area contributed by atoms with E-state index in [0.717, 1.165) is 37.2 Å². The number of thiophene rings is 1. The SMILES string of the molecule is O=C(c1cc2c(s1)CCCCCC2)N1CCC(n2cccc2)CC1. The summed E-state index contributed by atoms with van der Waals surface area (Å²) in [6.45, 7) is 1.76. The molecular weight excluding hydrogens is 316 g/mol. The summed E-state index contributed by atoms with van der Waals surface area (Å²) in [5.74, 6) is 0.262. The molecule has 2 aliphatic rings. The Morgan fingerprint density at radius 2 is 1.71 bits per heavy atom. The normalized spacial score (nSPS) is 19.6. The van der Waals surface area contributed by atoms with Crippen molar-refractivity contribution in [2.45, 2.75) is 57.4 Å². The van der Waals surface area contributed by atoms with Gasteiger partial charge in [-0.05, 0) is 62.3 Å². The minimum atomic E-state index is 0.262. The highest BCUT2D eigenvalue weighted by atomic mass is 32.1. The van der Waals surface area contributed by atoms with E-state index in [1.54, 1.807) is 11.3 Å². The minimum absolute atomic E-state index is 0.262. The Kier molecular flexibility index (Phi) is 4.74. The number of likely N-dealkylation sites (tertiary alicyclic amines) is 1. The largest absolute Gasteiger partial charge is 0.351 e. The third kappa shape index (κ3) is 3.30. The van der Waals surface area contributed by atoms with Gasteiger partial charge in [-0.1, -0.05) is 12.8 Å². The second kappa shape index (κ2) is 7.14. The highest BCUT2D eigenvalue weighted by Crippen LogP contribution is 2.30. The quantitative estimate of drug-likeness (QED) is 0.777. The molecule has 3 nitrogen and oxygen atoms in total. The van der Waals surface area contributed by atoms with Crippen LogP contribution in [0.15, 0.2) is 30.6 Å². The second-order valence-electron chi connectivity index (χ2n) is 7.13. The fraction of sp³-hybridized carbons (Fsp3) is 0.550. The fourth-order valence-corrected chi connectivity index (χ4v) is 5.29. The zero-order valence-electron chi connectivity index (χ0n) is 14.2. The number of rotatable bonds is 2. The lowest BCUT2D eigenvalue weighted by molar-refractivity contribution is 0.0699. The van der Waals surface area contributed by atoms with Crippen LogP contribution in [0, 0.1) is 0 Å². The zero-order chi connectivity index (χ0) is 16.4. The summed E-state index contributed by atoms with van der Waals surface area (Å²) in [7, 11) is 0. The number of carbonyl (C=O) groups is 1. The third-order valence-corrected chi connectivity index (χ3v) is 6.73. The number of hydrogen-bond acceptors (Lipinski definition) is 2. The fourth-order valence-electron chi connectivity index (χ4n) is 4.06. The molecule has 1 aliphatic carbocycles. The van der Waals surface area contributed by atoms with Crippen LogP contribution in [0.25, 0.3) is 0 Å². The molecule has 0 unspecified atom stereocenters. The Labute approximate surface area is 148 Å². The summed E-state index contributed by atoms with van der Waals surface area (Å²) in [4.78, 5) is 17.4. The first-order valence-electron chi connectivity index (χ1n) is 9.34. The van der Waals surface area contributed by atoms with Gasteiger partial charge in [-0.3, -0.25) is 4.79 Å². The average Bonchev–Trinajstić information content (AvgIpc) is 3.25. The lowest BCUT2D eigenvalue weighted by Gasteiger charge is -2.32. The molecule has 0 bridgehead atoms. The van der Waals surface area contributed by atoms with Crippen LogP contribution in [0.1, 0.15) is 64.7 Å². The van der Waals surface area contributed by atoms with Gasteiger partial charge in [-0.15, -0.1) is 11.3 Å². The van der Waals surface area contributed by atoms with Crippen LogP contribution in [0.5, 0.6) is 0 Å². The molecular formula is C20H26N2OS. The lowest BCUT2D eigenvalue weighted by atomic mass is 9.99. The molecule has 0 saturated carbocycles. The molecule has 2 aromatic heterocycles. The van der Waals surface area contributed by atoms with Crippen molar-refractivity contribution in [1.29, 1.82) is 0 Å². The van der Waals surface area contributed by atoms with Gasteiger partial charge in [0.15, 0.2) is 0 Å². The first-order valence-corrected chi connectivity index (χ1v) is 10.2. The predicted octanol–water partition coefficient (Wildman–Crippen LogP) is 4.69. The molecule has 0 spiro atoms. The summed E-state index contributed by atoms with van der Waals surface area (Å²) < 4.78 is 2.29. The maximum atomic E-state index is 12.9. The molecule has 2 aromatic rings. The van der Waals surface area contributed by atoms with E-state index in [-0.39, 0.29) is 5.91 Å². The second-order valence-corrected chi connectivity index (χ2v) is 8.26. The molecule has 4 heteroatoms. The Morgan fingerprint density at radius 1 is 1.00 bits per heavy atom. The predicted molar refractivity (Wildman–Crippen MR) is 98.8 cm³/mol. The number of aryl methyl sites for hydroxylation is 2. The van der Waals surface area contributed by atoms with Crippen molar-refractivity contribution < 1.29 is 4.79 Å². The first kappa shape index (κ1) is 15.9. The number of fused-ring (bicyclic) bond motifs is 1. The van der Waals surface area contributed by atoms with E-state index in [0.29, 0.717) is 6.04 Å². The third-order valence-electron chi connectivity index (χ3n) is 5.51. The molecule has 1 aliphatic heterocycles. The monoisotopic (exact) mass is 342 g/mol. The van der Waals surface area contributed by atoms with Gasteiger partial charge in [0.25, 0.3) is 5.91 Å². The van der Waals surface area contributed by atoms with Crippen LogP contribution < -0.4 is 0 Å². The van der Waals surface area contributed by atoms with Gasteiger partial charge in [0.2, 0.25) is 0 Å². The van der Waals surface area contributed by atoms with Gasteiger partial charge in [0.05, 0.1) is 4.88 Å². The van der Waals surface area contributed by atoms with Gasteiger partial charge >= 0.3 is 0 Å². The lowest BCUT2D eigenvalue weighted by Crippen LogP contribution is -2.38. The van der Waals surface area contributed by atoms with Crippen molar-refractivity contribution in [3.63, 3.8) is 0 Å². The topological polar surface area (TPSA) is 25.2 Å². The number of hydrogen-bond donors (Lipinski definition) is 0. The number of piperidine rings is 1. The van der Waals surface area contributed by atoms with Crippen molar-refractivity contribution >= 4 is 17.2 Å². The van der Waals surface area contributed by atoms with Gasteiger partial charge in [0.1, 0.15) is 0 Å². The van der Waals surface area contributed by atoms with Gasteiger partial charge in [0, 0.05) is 36.4 Å². The van der Waals surface area contributed by atoms with E-state index in [2.05, 4.69) is 40.1 Å². The van der Waals surface area contributed by atoms with Gasteiger partial charge in [-0.25, -0.2) is 0 Å². The van der Waals surface area contributed by atoms with Crippen molar-refractivity contribution in [2.75, 3.05) is 13.1 Å². The molecule has 0 N–H and O–H groups in total. The summed E-state index contributed by atoms with van der Waals surface area (Å²) in [6, 6.07) is 6.91. The van der Waals surface area contributed by atoms with E-state index in [1.165, 1.54) is 42.5 Å². The standard InChI is InChI=1S/C20H26N2OS/c23-20(19-15-16-7-3-1-2-4-8-18(16)24-19)22-13-9-17(10-14-22)21-11-5-6-12-21/h5-6,11-12,15,17H,1-4,7-10,13-14H2. The van der Waals surface area contributed by atoms with Gasteiger partial charge in [-0.2, -0.15) is 0 Å². The molecule has 3 heterocycles. The molecule has 24 heavy (non-hydrogen) atoms. The van der Waals surface area contributed by atoms with Crippen LogP contribution in [-0.4, -0.2) is 28.5 Å². The van der Waals surface area contributed by atoms with E-state index in [1.807, 2.05) is 0 Å². The molecule has 1 amide bonds. The van der Waals surface area contributed by atoms with Crippen LogP contribution in [-0.2, 0) is 12.8 Å². The molecule has 0 aromatic carbocycles. The number of nitrogens with zero attached hydrogens (tertiary/aromatic N) is 2. The van der Waals surface area contributed by atoms with E-state index in [9.17, 15) is 4.79 Å². The number of aromatic nitrogens is 1. The highest BCUT2D eigenvalue weighted by molar-refractivity contribution is 7.14. The smallest absolute Gasteiger partial charge is 0.263 e. The van der Waals surface area contributed by atoms with Crippen molar-refractivity contribution in [3.8, 4) is 0 Å². The summed E-state index contributed by atoms with van der Waals surface area (Å²) in [6.07, 6.45) is 14.0. The van der Waals surface area contributed by atoms with Crippen molar-refractivity contribution in [3.05, 3.63) is 45.9 Å². The van der Waals surface area contributed by atoms with Crippen LogP contribution in [0.3, 0.4) is 0 Å². The van der Waals surface area contributed by atoms with Crippen LogP contribution in [0.4, 0.5) is 0 Å². The molecule has 1 fully saturated rings. The molecule has 128 valence electrons. The first-order chi connectivity index (χ1) is 11.8. The number of carbonyl (C=O) groups excluding carboxylic acids is 1. The van der Waals surface area contributed by atoms with Crippen molar-refractivity contribution in [2.24, 2.45) is 0 Å². The Morgan fingerprint density at radius 3 is 2.46 bits per heavy atom. The van der Waals surface area contributed by atoms with Gasteiger partial charge < -0.3 is 9.47 Å². The molecule has 1 saturated heterocycles. The summed E-state index contributed by atoms with van der Waals surface area (Å²) in [5, 5.41) is 0. The van der Waals surface area contributed by atoms with E-state index in [4.69, 9.17) is 0 Å². The molecule has 0 radical (unpaired) electrons. The Bertz CT molecular complexity index is 655. The zero-order valence-corrected chi connectivity index (χ0v) is 15.1. The number of amides is 1. The average molecular weight is 343 g/mol. The molecule has 0 atom stereocenters. The maximum Gasteiger partial charge on any atom is 0.263 e. The Hall–Kier alpha value is -1.55. The molecule has 4 rings (SSSR count). The minimum Gasteiger partial charge on any atom is -0.351 e. The summed E-state index contributed by atoms with van der Waals surface area (Å²) >= 11 is 1.76.